The van der Waals surface area contributed by atoms with Crippen LogP contribution in [0.1, 0.15) is 30.8 Å². The third-order valence-corrected chi connectivity index (χ3v) is 3.29. The minimum atomic E-state index is -0.974. The molecule has 2 amide bonds. The van der Waals surface area contributed by atoms with Gasteiger partial charge in [0, 0.05) is 12.6 Å². The number of halogens is 1. The number of carboxylic acids is 1. The molecule has 0 saturated carbocycles. The van der Waals surface area contributed by atoms with Gasteiger partial charge in [0.25, 0.3) is 5.91 Å². The zero-order valence-corrected chi connectivity index (χ0v) is 13.3. The van der Waals surface area contributed by atoms with Crippen molar-refractivity contribution in [2.24, 2.45) is 0 Å². The molecule has 0 fully saturated rings. The standard InChI is InChI=1S/C13H17BrN2O5/c1-3-16(8(2)6-12(18)19)11(17)7-15-13(20)9-4-5-10(14)21-9/h4-5,8H,3,6-7H2,1-2H3,(H,15,20)(H,18,19). The third kappa shape index (κ3) is 5.22. The summed E-state index contributed by atoms with van der Waals surface area (Å²) >= 11 is 3.08. The van der Waals surface area contributed by atoms with Crippen molar-refractivity contribution in [3.05, 3.63) is 22.6 Å². The molecule has 1 aromatic heterocycles. The summed E-state index contributed by atoms with van der Waals surface area (Å²) in [4.78, 5) is 35.8. The molecule has 1 heterocycles. The Labute approximate surface area is 130 Å². The highest BCUT2D eigenvalue weighted by Crippen LogP contribution is 2.13. The number of aliphatic carboxylic acids is 1. The molecule has 2 N–H and O–H groups in total. The zero-order chi connectivity index (χ0) is 16.0. The fourth-order valence-electron chi connectivity index (χ4n) is 1.88. The highest BCUT2D eigenvalue weighted by Gasteiger charge is 2.21. The van der Waals surface area contributed by atoms with Gasteiger partial charge in [-0.05, 0) is 41.9 Å². The molecule has 1 aromatic rings. The number of likely N-dealkylation sites (N-methyl/N-ethyl adjacent to an activating group) is 1. The maximum absolute atomic E-state index is 12.0. The van der Waals surface area contributed by atoms with E-state index in [0.717, 1.165) is 0 Å². The topological polar surface area (TPSA) is 99.9 Å². The molecule has 116 valence electrons. The van der Waals surface area contributed by atoms with Gasteiger partial charge in [0.2, 0.25) is 5.91 Å². The number of carboxylic acid groups (broad SMARTS) is 1. The summed E-state index contributed by atoms with van der Waals surface area (Å²) in [7, 11) is 0. The Kier molecular flexibility index (Phi) is 6.41. The number of nitrogens with zero attached hydrogens (tertiary/aromatic N) is 1. The fraction of sp³-hybridized carbons (Fsp3) is 0.462. The number of amides is 2. The molecule has 0 aliphatic rings. The van der Waals surface area contributed by atoms with Crippen molar-refractivity contribution >= 4 is 33.7 Å². The van der Waals surface area contributed by atoms with Crippen LogP contribution in [0.5, 0.6) is 0 Å². The first kappa shape index (κ1) is 17.2. The van der Waals surface area contributed by atoms with E-state index < -0.39 is 17.9 Å². The van der Waals surface area contributed by atoms with Crippen molar-refractivity contribution in [3.8, 4) is 0 Å². The summed E-state index contributed by atoms with van der Waals surface area (Å²) in [6, 6.07) is 2.62. The van der Waals surface area contributed by atoms with Crippen LogP contribution in [-0.4, -0.2) is 46.9 Å². The van der Waals surface area contributed by atoms with Crippen molar-refractivity contribution in [1.29, 1.82) is 0 Å². The lowest BCUT2D eigenvalue weighted by Crippen LogP contribution is -2.45. The summed E-state index contributed by atoms with van der Waals surface area (Å²) in [6.45, 7) is 3.56. The van der Waals surface area contributed by atoms with Gasteiger partial charge in [0.15, 0.2) is 10.4 Å². The highest BCUT2D eigenvalue weighted by molar-refractivity contribution is 9.10. The lowest BCUT2D eigenvalue weighted by Gasteiger charge is -2.27. The summed E-state index contributed by atoms with van der Waals surface area (Å²) in [5.74, 6) is -1.73. The van der Waals surface area contributed by atoms with E-state index in [0.29, 0.717) is 11.2 Å². The average molecular weight is 361 g/mol. The van der Waals surface area contributed by atoms with Crippen molar-refractivity contribution in [2.45, 2.75) is 26.3 Å². The maximum atomic E-state index is 12.0. The molecule has 8 heteroatoms. The molecule has 0 bridgehead atoms. The Balaban J connectivity index is 2.54. The number of nitrogens with one attached hydrogen (secondary N) is 1. The number of carbonyl (C=O) groups is 3. The van der Waals surface area contributed by atoms with E-state index in [2.05, 4.69) is 21.2 Å². The molecular weight excluding hydrogens is 344 g/mol. The first-order chi connectivity index (χ1) is 9.85. The van der Waals surface area contributed by atoms with Gasteiger partial charge in [-0.25, -0.2) is 0 Å². The molecule has 21 heavy (non-hydrogen) atoms. The number of hydrogen-bond acceptors (Lipinski definition) is 4. The monoisotopic (exact) mass is 360 g/mol. The molecule has 0 saturated heterocycles. The lowest BCUT2D eigenvalue weighted by atomic mass is 10.2. The van der Waals surface area contributed by atoms with E-state index in [1.165, 1.54) is 11.0 Å². The zero-order valence-electron chi connectivity index (χ0n) is 11.8. The van der Waals surface area contributed by atoms with E-state index in [9.17, 15) is 14.4 Å². The molecule has 0 aliphatic carbocycles. The first-order valence-electron chi connectivity index (χ1n) is 6.40. The van der Waals surface area contributed by atoms with Crippen molar-refractivity contribution in [2.75, 3.05) is 13.1 Å². The van der Waals surface area contributed by atoms with Gasteiger partial charge < -0.3 is 19.7 Å². The summed E-state index contributed by atoms with van der Waals surface area (Å²) in [6.07, 6.45) is -0.140. The minimum Gasteiger partial charge on any atom is -0.481 e. The second-order valence-corrected chi connectivity index (χ2v) is 5.19. The first-order valence-corrected chi connectivity index (χ1v) is 7.19. The molecule has 7 nitrogen and oxygen atoms in total. The molecule has 0 aliphatic heterocycles. The Morgan fingerprint density at radius 3 is 2.57 bits per heavy atom. The molecular formula is C13H17BrN2O5. The molecule has 0 spiro atoms. The normalized spacial score (nSPS) is 11.8. The number of hydrogen-bond donors (Lipinski definition) is 2. The third-order valence-electron chi connectivity index (χ3n) is 2.86. The smallest absolute Gasteiger partial charge is 0.305 e. The SMILES string of the molecule is CCN(C(=O)CNC(=O)c1ccc(Br)o1)C(C)CC(=O)O. The summed E-state index contributed by atoms with van der Waals surface area (Å²) in [5.41, 5.74) is 0. The number of carbonyl (C=O) groups excluding carboxylic acids is 2. The van der Waals surface area contributed by atoms with Gasteiger partial charge in [0.1, 0.15) is 0 Å². The van der Waals surface area contributed by atoms with Crippen LogP contribution in [0.15, 0.2) is 21.2 Å². The Morgan fingerprint density at radius 1 is 1.43 bits per heavy atom. The largest absolute Gasteiger partial charge is 0.481 e. The predicted molar refractivity (Wildman–Crippen MR) is 77.8 cm³/mol. The second-order valence-electron chi connectivity index (χ2n) is 4.41. The molecule has 0 aromatic carbocycles. The van der Waals surface area contributed by atoms with Gasteiger partial charge in [-0.15, -0.1) is 0 Å². The summed E-state index contributed by atoms with van der Waals surface area (Å²) in [5, 5.41) is 11.2. The van der Waals surface area contributed by atoms with E-state index in [1.54, 1.807) is 19.9 Å². The van der Waals surface area contributed by atoms with Gasteiger partial charge in [-0.3, -0.25) is 14.4 Å². The van der Waals surface area contributed by atoms with Gasteiger partial charge in [-0.1, -0.05) is 0 Å². The van der Waals surface area contributed by atoms with Crippen molar-refractivity contribution in [3.63, 3.8) is 0 Å². The van der Waals surface area contributed by atoms with E-state index in [1.807, 2.05) is 0 Å². The Hall–Kier alpha value is -1.83. The van der Waals surface area contributed by atoms with Crippen LogP contribution < -0.4 is 5.32 Å². The average Bonchev–Trinajstić information content (AvgIpc) is 2.82. The van der Waals surface area contributed by atoms with Crippen LogP contribution in [-0.2, 0) is 9.59 Å². The Morgan fingerprint density at radius 2 is 2.10 bits per heavy atom. The number of furan rings is 1. The summed E-state index contributed by atoms with van der Waals surface area (Å²) < 4.78 is 5.49. The van der Waals surface area contributed by atoms with Crippen LogP contribution in [0.3, 0.4) is 0 Å². The van der Waals surface area contributed by atoms with E-state index >= 15 is 0 Å². The van der Waals surface area contributed by atoms with E-state index in [-0.39, 0.29) is 24.6 Å². The van der Waals surface area contributed by atoms with Crippen LogP contribution in [0.25, 0.3) is 0 Å². The van der Waals surface area contributed by atoms with Crippen LogP contribution in [0.2, 0.25) is 0 Å². The van der Waals surface area contributed by atoms with Crippen molar-refractivity contribution in [1.82, 2.24) is 10.2 Å². The highest BCUT2D eigenvalue weighted by atomic mass is 79.9. The quantitative estimate of drug-likeness (QED) is 0.766. The second kappa shape index (κ2) is 7.82. The van der Waals surface area contributed by atoms with Crippen LogP contribution in [0.4, 0.5) is 0 Å². The predicted octanol–water partition coefficient (Wildman–Crippen LogP) is 1.48. The number of rotatable bonds is 7. The van der Waals surface area contributed by atoms with Gasteiger partial charge >= 0.3 is 5.97 Å². The van der Waals surface area contributed by atoms with Gasteiger partial charge in [-0.2, -0.15) is 0 Å². The minimum absolute atomic E-state index is 0.0938. The fourth-order valence-corrected chi connectivity index (χ4v) is 2.18. The van der Waals surface area contributed by atoms with Gasteiger partial charge in [0.05, 0.1) is 13.0 Å². The van der Waals surface area contributed by atoms with Crippen LogP contribution in [0, 0.1) is 0 Å². The maximum Gasteiger partial charge on any atom is 0.305 e. The van der Waals surface area contributed by atoms with Crippen LogP contribution >= 0.6 is 15.9 Å². The van der Waals surface area contributed by atoms with Crippen molar-refractivity contribution < 1.29 is 23.9 Å². The Bertz CT molecular complexity index is 528. The molecule has 1 atom stereocenters. The lowest BCUT2D eigenvalue weighted by molar-refractivity contribution is -0.140. The molecule has 1 rings (SSSR count). The molecule has 1 unspecified atom stereocenters. The molecule has 0 radical (unpaired) electrons. The van der Waals surface area contributed by atoms with E-state index in [4.69, 9.17) is 9.52 Å².